The quantitative estimate of drug-likeness (QED) is 0.228. The predicted molar refractivity (Wildman–Crippen MR) is 130 cm³/mol. The molecule has 1 saturated heterocycles. The van der Waals surface area contributed by atoms with Crippen molar-refractivity contribution in [3.8, 4) is 0 Å². The molecule has 3 rings (SSSR count). The number of aliphatic imine (C=N–C) groups is 1. The Morgan fingerprint density at radius 1 is 1.23 bits per heavy atom. The van der Waals surface area contributed by atoms with E-state index >= 15 is 0 Å². The minimum Gasteiger partial charge on any atom is -0.459 e. The van der Waals surface area contributed by atoms with Crippen molar-refractivity contribution < 1.29 is 13.7 Å². The van der Waals surface area contributed by atoms with E-state index in [4.69, 9.17) is 13.9 Å². The summed E-state index contributed by atoms with van der Waals surface area (Å²) in [6.45, 7) is 12.4. The average molecular weight is 544 g/mol. The van der Waals surface area contributed by atoms with Crippen molar-refractivity contribution in [2.75, 3.05) is 45.8 Å². The van der Waals surface area contributed by atoms with E-state index in [0.717, 1.165) is 68.7 Å². The maximum Gasteiger partial charge on any atom is 0.287 e. The zero-order chi connectivity index (χ0) is 21.3. The molecule has 0 saturated carbocycles. The molecule has 0 aliphatic carbocycles. The van der Waals surface area contributed by atoms with Gasteiger partial charge in [0.05, 0.1) is 12.0 Å². The lowest BCUT2D eigenvalue weighted by atomic mass is 10.2. The van der Waals surface area contributed by atoms with Gasteiger partial charge >= 0.3 is 0 Å². The molecule has 1 fully saturated rings. The highest BCUT2D eigenvalue weighted by Gasteiger charge is 2.20. The fraction of sp³-hybridized carbons (Fsp3) is 0.571. The van der Waals surface area contributed by atoms with Crippen molar-refractivity contribution in [3.63, 3.8) is 0 Å². The van der Waals surface area contributed by atoms with E-state index in [0.29, 0.717) is 18.8 Å². The highest BCUT2D eigenvalue weighted by Crippen LogP contribution is 2.10. The van der Waals surface area contributed by atoms with Crippen molar-refractivity contribution in [3.05, 3.63) is 41.2 Å². The molecule has 0 aromatic carbocycles. The minimum atomic E-state index is -0.174. The molecule has 1 aliphatic rings. The summed E-state index contributed by atoms with van der Waals surface area (Å²) < 4.78 is 10.4. The van der Waals surface area contributed by atoms with Gasteiger partial charge in [0.2, 0.25) is 0 Å². The molecule has 0 radical (unpaired) electrons. The number of piperazine rings is 1. The number of aryl methyl sites for hydroxylation is 2. The number of nitrogens with zero attached hydrogens (tertiary/aromatic N) is 4. The third-order valence-electron chi connectivity index (χ3n) is 5.02. The van der Waals surface area contributed by atoms with Crippen molar-refractivity contribution in [1.82, 2.24) is 25.6 Å². The standard InChI is InChI=1S/C21H32N6O3.HI/c1-4-22-21(24-8-5-7-23-20(28)19-16(2)6-13-29-19)27-11-9-26(10-12-27)15-18-14-17(3)30-25-18;/h6,13-14H,4-5,7-12,15H2,1-3H3,(H,22,24)(H,23,28);1H. The number of aromatic nitrogens is 1. The Morgan fingerprint density at radius 2 is 2.00 bits per heavy atom. The van der Waals surface area contributed by atoms with Crippen LogP contribution in [0.1, 0.15) is 40.9 Å². The average Bonchev–Trinajstić information content (AvgIpc) is 3.35. The first-order valence-electron chi connectivity index (χ1n) is 10.6. The first-order chi connectivity index (χ1) is 14.6. The summed E-state index contributed by atoms with van der Waals surface area (Å²) in [4.78, 5) is 21.5. The zero-order valence-electron chi connectivity index (χ0n) is 18.5. The Balaban J connectivity index is 0.00000341. The Kier molecular flexibility index (Phi) is 10.3. The van der Waals surface area contributed by atoms with Crippen LogP contribution in [-0.2, 0) is 6.54 Å². The van der Waals surface area contributed by atoms with Crippen molar-refractivity contribution >= 4 is 35.8 Å². The van der Waals surface area contributed by atoms with Crippen molar-refractivity contribution in [2.45, 2.75) is 33.7 Å². The number of rotatable bonds is 8. The fourth-order valence-corrected chi connectivity index (χ4v) is 3.42. The maximum atomic E-state index is 12.1. The number of furan rings is 1. The molecule has 0 bridgehead atoms. The van der Waals surface area contributed by atoms with E-state index < -0.39 is 0 Å². The summed E-state index contributed by atoms with van der Waals surface area (Å²) in [5.41, 5.74) is 1.83. The van der Waals surface area contributed by atoms with Crippen LogP contribution in [-0.4, -0.2) is 72.6 Å². The third-order valence-corrected chi connectivity index (χ3v) is 5.02. The number of amides is 1. The van der Waals surface area contributed by atoms with Crippen LogP contribution in [0.2, 0.25) is 0 Å². The molecule has 31 heavy (non-hydrogen) atoms. The van der Waals surface area contributed by atoms with Crippen molar-refractivity contribution in [1.29, 1.82) is 0 Å². The summed E-state index contributed by atoms with van der Waals surface area (Å²) in [5, 5.41) is 10.3. The summed E-state index contributed by atoms with van der Waals surface area (Å²) in [7, 11) is 0. The molecular weight excluding hydrogens is 511 g/mol. The number of nitrogens with one attached hydrogen (secondary N) is 2. The second kappa shape index (κ2) is 12.7. The molecule has 9 nitrogen and oxygen atoms in total. The number of hydrogen-bond donors (Lipinski definition) is 2. The van der Waals surface area contributed by atoms with Gasteiger partial charge in [-0.2, -0.15) is 0 Å². The lowest BCUT2D eigenvalue weighted by Crippen LogP contribution is -2.52. The van der Waals surface area contributed by atoms with Crippen LogP contribution in [0.15, 0.2) is 32.3 Å². The van der Waals surface area contributed by atoms with E-state index in [1.807, 2.05) is 19.9 Å². The van der Waals surface area contributed by atoms with E-state index in [1.165, 1.54) is 6.26 Å². The molecule has 172 valence electrons. The number of carbonyl (C=O) groups excluding carboxylic acids is 1. The Morgan fingerprint density at radius 3 is 2.61 bits per heavy atom. The molecule has 3 heterocycles. The van der Waals surface area contributed by atoms with Gasteiger partial charge in [0.25, 0.3) is 5.91 Å². The zero-order valence-corrected chi connectivity index (χ0v) is 20.8. The SMILES string of the molecule is CCNC(=NCCCNC(=O)c1occc1C)N1CCN(Cc2cc(C)on2)CC1.I. The number of carbonyl (C=O) groups is 1. The molecule has 10 heteroatoms. The molecule has 0 spiro atoms. The molecule has 0 unspecified atom stereocenters. The van der Waals surface area contributed by atoms with Gasteiger partial charge in [-0.15, -0.1) is 24.0 Å². The van der Waals surface area contributed by atoms with Crippen LogP contribution in [0.4, 0.5) is 0 Å². The maximum absolute atomic E-state index is 12.1. The lowest BCUT2D eigenvalue weighted by Gasteiger charge is -2.36. The molecule has 2 N–H and O–H groups in total. The molecule has 1 amide bonds. The van der Waals surface area contributed by atoms with Crippen LogP contribution in [0.3, 0.4) is 0 Å². The van der Waals surface area contributed by atoms with Crippen molar-refractivity contribution in [2.24, 2.45) is 4.99 Å². The lowest BCUT2D eigenvalue weighted by molar-refractivity contribution is 0.0925. The largest absolute Gasteiger partial charge is 0.459 e. The van der Waals surface area contributed by atoms with Gasteiger partial charge in [-0.05, 0) is 33.3 Å². The summed E-state index contributed by atoms with van der Waals surface area (Å²) in [6, 6.07) is 3.78. The van der Waals surface area contributed by atoms with Gasteiger partial charge in [0, 0.05) is 64.0 Å². The van der Waals surface area contributed by atoms with Gasteiger partial charge in [0.1, 0.15) is 5.76 Å². The van der Waals surface area contributed by atoms with E-state index in [1.54, 1.807) is 6.07 Å². The van der Waals surface area contributed by atoms with Crippen LogP contribution in [0.5, 0.6) is 0 Å². The van der Waals surface area contributed by atoms with Gasteiger partial charge in [-0.3, -0.25) is 14.7 Å². The minimum absolute atomic E-state index is 0. The van der Waals surface area contributed by atoms with Crippen LogP contribution in [0, 0.1) is 13.8 Å². The topological polar surface area (TPSA) is 99.1 Å². The Hall–Kier alpha value is -2.08. The smallest absolute Gasteiger partial charge is 0.287 e. The molecule has 2 aromatic heterocycles. The summed E-state index contributed by atoms with van der Waals surface area (Å²) >= 11 is 0. The highest BCUT2D eigenvalue weighted by molar-refractivity contribution is 14.0. The second-order valence-corrected chi connectivity index (χ2v) is 7.47. The molecular formula is C21H33IN6O3. The first kappa shape index (κ1) is 25.2. The van der Waals surface area contributed by atoms with Gasteiger partial charge < -0.3 is 24.5 Å². The summed E-state index contributed by atoms with van der Waals surface area (Å²) in [5.74, 6) is 1.99. The van der Waals surface area contributed by atoms with Crippen LogP contribution >= 0.6 is 24.0 Å². The number of halogens is 1. The third kappa shape index (κ3) is 7.53. The predicted octanol–water partition coefficient (Wildman–Crippen LogP) is 2.41. The van der Waals surface area contributed by atoms with Gasteiger partial charge in [-0.25, -0.2) is 0 Å². The normalized spacial score (nSPS) is 14.9. The molecule has 1 aliphatic heterocycles. The summed E-state index contributed by atoms with van der Waals surface area (Å²) in [6.07, 6.45) is 2.30. The van der Waals surface area contributed by atoms with Gasteiger partial charge in [-0.1, -0.05) is 5.16 Å². The molecule has 0 atom stereocenters. The highest BCUT2D eigenvalue weighted by atomic mass is 127. The van der Waals surface area contributed by atoms with Gasteiger partial charge in [0.15, 0.2) is 11.7 Å². The van der Waals surface area contributed by atoms with Crippen LogP contribution < -0.4 is 10.6 Å². The van der Waals surface area contributed by atoms with E-state index in [2.05, 4.69) is 32.5 Å². The van der Waals surface area contributed by atoms with E-state index in [-0.39, 0.29) is 29.9 Å². The Labute approximate surface area is 200 Å². The monoisotopic (exact) mass is 544 g/mol. The first-order valence-corrected chi connectivity index (χ1v) is 10.6. The molecule has 2 aromatic rings. The van der Waals surface area contributed by atoms with E-state index in [9.17, 15) is 4.79 Å². The number of hydrogen-bond acceptors (Lipinski definition) is 6. The van der Waals surface area contributed by atoms with Crippen LogP contribution in [0.25, 0.3) is 0 Å². The number of guanidine groups is 1. The second-order valence-electron chi connectivity index (χ2n) is 7.47. The Bertz CT molecular complexity index is 842. The fourth-order valence-electron chi connectivity index (χ4n) is 3.42.